The average molecular weight is 340 g/mol. The zero-order chi connectivity index (χ0) is 17.8. The molecule has 0 radical (unpaired) electrons. The number of benzene rings is 1. The lowest BCUT2D eigenvalue weighted by Crippen LogP contribution is -2.25. The molecule has 0 aliphatic heterocycles. The number of nitro benzene ring substituents is 1. The maximum Gasteiger partial charge on any atom is 0.270 e. The lowest BCUT2D eigenvalue weighted by atomic mass is 10.1. The quantitative estimate of drug-likeness (QED) is 0.303. The number of hydrogen-bond donors (Lipinski definition) is 2. The number of fused-ring (bicyclic) bond motifs is 1. The number of aryl methyl sites for hydroxylation is 1. The molecule has 1 aromatic carbocycles. The maximum atomic E-state index is 12.2. The topological polar surface area (TPSA) is 128 Å². The number of pyridine rings is 1. The first-order valence-corrected chi connectivity index (χ1v) is 7.67. The van der Waals surface area contributed by atoms with E-state index in [-0.39, 0.29) is 16.9 Å². The number of nitro groups is 1. The van der Waals surface area contributed by atoms with E-state index in [4.69, 9.17) is 5.73 Å². The van der Waals surface area contributed by atoms with Crippen LogP contribution in [0, 0.1) is 10.1 Å². The predicted octanol–water partition coefficient (Wildman–Crippen LogP) is 1.58. The monoisotopic (exact) mass is 340 g/mol. The Kier molecular flexibility index (Phi) is 4.55. The largest absolute Gasteiger partial charge is 0.398 e. The molecule has 9 nitrogen and oxygen atoms in total. The third kappa shape index (κ3) is 3.55. The summed E-state index contributed by atoms with van der Waals surface area (Å²) in [6, 6.07) is 9.45. The number of anilines is 1. The summed E-state index contributed by atoms with van der Waals surface area (Å²) in [6.45, 7) is 0.392. The van der Waals surface area contributed by atoms with Crippen LogP contribution in [0.2, 0.25) is 0 Å². The van der Waals surface area contributed by atoms with Crippen molar-refractivity contribution in [2.75, 3.05) is 12.3 Å². The van der Waals surface area contributed by atoms with Gasteiger partial charge < -0.3 is 11.1 Å². The molecular weight excluding hydrogens is 324 g/mol. The van der Waals surface area contributed by atoms with Gasteiger partial charge in [-0.05, 0) is 24.6 Å². The number of nitrogens with zero attached hydrogens (tertiary/aromatic N) is 4. The van der Waals surface area contributed by atoms with Crippen LogP contribution in [0.3, 0.4) is 0 Å². The maximum absolute atomic E-state index is 12.2. The standard InChI is InChI=1S/C16H16N6O3/c17-13-7-6-11(22(24)25)10-12(13)16(23)18-8-3-5-15-20-19-14-4-1-2-9-21(14)15/h1-2,4,6-7,9-10H,3,5,8,17H2,(H,18,23). The summed E-state index contributed by atoms with van der Waals surface area (Å²) < 4.78 is 1.89. The fourth-order valence-electron chi connectivity index (χ4n) is 2.46. The van der Waals surface area contributed by atoms with Crippen LogP contribution in [-0.4, -0.2) is 32.0 Å². The van der Waals surface area contributed by atoms with Gasteiger partial charge in [0.2, 0.25) is 0 Å². The molecule has 2 heterocycles. The van der Waals surface area contributed by atoms with Crippen LogP contribution in [0.1, 0.15) is 22.6 Å². The van der Waals surface area contributed by atoms with Gasteiger partial charge in [-0.25, -0.2) is 0 Å². The Balaban J connectivity index is 1.58. The summed E-state index contributed by atoms with van der Waals surface area (Å²) in [4.78, 5) is 22.4. The highest BCUT2D eigenvalue weighted by molar-refractivity contribution is 5.99. The molecule has 0 aliphatic rings. The average Bonchev–Trinajstić information content (AvgIpc) is 3.02. The van der Waals surface area contributed by atoms with Crippen LogP contribution in [0.25, 0.3) is 5.65 Å². The van der Waals surface area contributed by atoms with Gasteiger partial charge in [0.25, 0.3) is 11.6 Å². The molecule has 3 aromatic rings. The van der Waals surface area contributed by atoms with Crippen LogP contribution in [0.4, 0.5) is 11.4 Å². The van der Waals surface area contributed by atoms with Gasteiger partial charge in [0.1, 0.15) is 5.82 Å². The second kappa shape index (κ2) is 6.95. The molecule has 0 aliphatic carbocycles. The third-order valence-corrected chi connectivity index (χ3v) is 3.74. The van der Waals surface area contributed by atoms with E-state index in [1.165, 1.54) is 18.2 Å². The Morgan fingerprint density at radius 1 is 1.28 bits per heavy atom. The van der Waals surface area contributed by atoms with Crippen molar-refractivity contribution in [3.63, 3.8) is 0 Å². The number of rotatable bonds is 6. The molecule has 0 spiro atoms. The first kappa shape index (κ1) is 16.4. The Hall–Kier alpha value is -3.49. The van der Waals surface area contributed by atoms with E-state index >= 15 is 0 Å². The van der Waals surface area contributed by atoms with Gasteiger partial charge in [-0.2, -0.15) is 0 Å². The van der Waals surface area contributed by atoms with Crippen LogP contribution >= 0.6 is 0 Å². The molecule has 2 aromatic heterocycles. The number of carbonyl (C=O) groups is 1. The lowest BCUT2D eigenvalue weighted by Gasteiger charge is -2.07. The van der Waals surface area contributed by atoms with Crippen molar-refractivity contribution in [3.05, 3.63) is 64.1 Å². The molecule has 25 heavy (non-hydrogen) atoms. The van der Waals surface area contributed by atoms with Crippen molar-refractivity contribution < 1.29 is 9.72 Å². The second-order valence-electron chi connectivity index (χ2n) is 5.43. The van der Waals surface area contributed by atoms with Gasteiger partial charge in [0.15, 0.2) is 5.65 Å². The summed E-state index contributed by atoms with van der Waals surface area (Å²) in [5.41, 5.74) is 6.63. The van der Waals surface area contributed by atoms with E-state index in [0.29, 0.717) is 19.4 Å². The molecule has 3 N–H and O–H groups in total. The van der Waals surface area contributed by atoms with E-state index in [1.54, 1.807) is 0 Å². The zero-order valence-electron chi connectivity index (χ0n) is 13.3. The highest BCUT2D eigenvalue weighted by Gasteiger charge is 2.15. The first-order chi connectivity index (χ1) is 12.1. The Labute approximate surface area is 142 Å². The van der Waals surface area contributed by atoms with Crippen molar-refractivity contribution in [1.82, 2.24) is 19.9 Å². The van der Waals surface area contributed by atoms with Crippen molar-refractivity contribution in [2.45, 2.75) is 12.8 Å². The normalized spacial score (nSPS) is 10.7. The number of carbonyl (C=O) groups excluding carboxylic acids is 1. The van der Waals surface area contributed by atoms with E-state index in [9.17, 15) is 14.9 Å². The minimum absolute atomic E-state index is 0.0992. The van der Waals surface area contributed by atoms with Gasteiger partial charge in [-0.15, -0.1) is 10.2 Å². The Morgan fingerprint density at radius 2 is 2.12 bits per heavy atom. The van der Waals surface area contributed by atoms with Crippen molar-refractivity contribution in [1.29, 1.82) is 0 Å². The van der Waals surface area contributed by atoms with Gasteiger partial charge >= 0.3 is 0 Å². The number of non-ortho nitro benzene ring substituents is 1. The SMILES string of the molecule is Nc1ccc([N+](=O)[O-])cc1C(=O)NCCCc1nnc2ccccn12. The molecule has 0 fully saturated rings. The van der Waals surface area contributed by atoms with Crippen LogP contribution in [0.15, 0.2) is 42.6 Å². The van der Waals surface area contributed by atoms with Crippen molar-refractivity contribution in [2.24, 2.45) is 0 Å². The summed E-state index contributed by atoms with van der Waals surface area (Å²) in [7, 11) is 0. The van der Waals surface area contributed by atoms with E-state index in [0.717, 1.165) is 11.5 Å². The number of nitrogens with one attached hydrogen (secondary N) is 1. The summed E-state index contributed by atoms with van der Waals surface area (Å²) in [5.74, 6) is 0.368. The third-order valence-electron chi connectivity index (χ3n) is 3.74. The lowest BCUT2D eigenvalue weighted by molar-refractivity contribution is -0.384. The Bertz CT molecular complexity index is 937. The highest BCUT2D eigenvalue weighted by atomic mass is 16.6. The van der Waals surface area contributed by atoms with Gasteiger partial charge in [0.05, 0.1) is 10.5 Å². The summed E-state index contributed by atoms with van der Waals surface area (Å²) in [6.07, 6.45) is 3.17. The molecular formula is C16H16N6O3. The van der Waals surface area contributed by atoms with Gasteiger partial charge in [0, 0.05) is 37.0 Å². The number of amides is 1. The van der Waals surface area contributed by atoms with Crippen LogP contribution in [-0.2, 0) is 6.42 Å². The van der Waals surface area contributed by atoms with E-state index in [1.807, 2.05) is 28.8 Å². The smallest absolute Gasteiger partial charge is 0.270 e. The molecule has 128 valence electrons. The molecule has 0 saturated heterocycles. The molecule has 0 atom stereocenters. The molecule has 0 saturated carbocycles. The predicted molar refractivity (Wildman–Crippen MR) is 91.2 cm³/mol. The number of nitrogen functional groups attached to an aromatic ring is 1. The summed E-state index contributed by atoms with van der Waals surface area (Å²) >= 11 is 0. The first-order valence-electron chi connectivity index (χ1n) is 7.67. The number of hydrogen-bond acceptors (Lipinski definition) is 6. The molecule has 3 rings (SSSR count). The minimum Gasteiger partial charge on any atom is -0.398 e. The molecule has 9 heteroatoms. The molecule has 0 bridgehead atoms. The summed E-state index contributed by atoms with van der Waals surface area (Å²) in [5, 5.41) is 21.7. The van der Waals surface area contributed by atoms with Crippen molar-refractivity contribution >= 4 is 22.9 Å². The number of nitrogens with two attached hydrogens (primary N) is 1. The van der Waals surface area contributed by atoms with Crippen molar-refractivity contribution in [3.8, 4) is 0 Å². The fourth-order valence-corrected chi connectivity index (χ4v) is 2.46. The minimum atomic E-state index is -0.563. The van der Waals surface area contributed by atoms with Gasteiger partial charge in [-0.3, -0.25) is 19.3 Å². The fraction of sp³-hybridized carbons (Fsp3) is 0.188. The second-order valence-corrected chi connectivity index (χ2v) is 5.43. The molecule has 0 unspecified atom stereocenters. The zero-order valence-corrected chi connectivity index (χ0v) is 13.3. The Morgan fingerprint density at radius 3 is 2.92 bits per heavy atom. The van der Waals surface area contributed by atoms with E-state index in [2.05, 4.69) is 15.5 Å². The highest BCUT2D eigenvalue weighted by Crippen LogP contribution is 2.19. The molecule has 1 amide bonds. The van der Waals surface area contributed by atoms with Gasteiger partial charge in [-0.1, -0.05) is 6.07 Å². The van der Waals surface area contributed by atoms with E-state index < -0.39 is 10.8 Å². The van der Waals surface area contributed by atoms with Crippen LogP contribution < -0.4 is 11.1 Å². The number of aromatic nitrogens is 3. The van der Waals surface area contributed by atoms with Crippen LogP contribution in [0.5, 0.6) is 0 Å².